The fourth-order valence-corrected chi connectivity index (χ4v) is 1.78. The van der Waals surface area contributed by atoms with Crippen molar-refractivity contribution in [3.05, 3.63) is 29.8 Å². The molecule has 3 N–H and O–H groups in total. The number of anilines is 1. The molecule has 1 atom stereocenters. The van der Waals surface area contributed by atoms with Crippen molar-refractivity contribution in [2.45, 2.75) is 32.9 Å². The van der Waals surface area contributed by atoms with Crippen molar-refractivity contribution in [2.75, 3.05) is 12.3 Å². The zero-order valence-corrected chi connectivity index (χ0v) is 10.4. The predicted octanol–water partition coefficient (Wildman–Crippen LogP) is 1.95. The molecule has 17 heavy (non-hydrogen) atoms. The van der Waals surface area contributed by atoms with Crippen LogP contribution in [0.15, 0.2) is 24.3 Å². The lowest BCUT2D eigenvalue weighted by molar-refractivity contribution is -0.142. The lowest BCUT2D eigenvalue weighted by Crippen LogP contribution is -2.38. The first kappa shape index (κ1) is 13.5. The zero-order chi connectivity index (χ0) is 12.8. The third-order valence-corrected chi connectivity index (χ3v) is 2.75. The smallest absolute Gasteiger partial charge is 0.320 e. The summed E-state index contributed by atoms with van der Waals surface area (Å²) in [6.07, 6.45) is 0.930. The third kappa shape index (κ3) is 4.07. The highest BCUT2D eigenvalue weighted by molar-refractivity contribution is 5.72. The molecule has 0 radical (unpaired) electrons. The summed E-state index contributed by atoms with van der Waals surface area (Å²) in [7, 11) is 0. The van der Waals surface area contributed by atoms with Gasteiger partial charge in [-0.25, -0.2) is 0 Å². The van der Waals surface area contributed by atoms with Crippen molar-refractivity contribution in [3.8, 4) is 0 Å². The van der Waals surface area contributed by atoms with Gasteiger partial charge in [-0.3, -0.25) is 9.69 Å². The van der Waals surface area contributed by atoms with Gasteiger partial charge in [-0.05, 0) is 37.6 Å². The summed E-state index contributed by atoms with van der Waals surface area (Å²) in [6, 6.07) is 7.09. The molecule has 1 aromatic rings. The number of benzene rings is 1. The van der Waals surface area contributed by atoms with Gasteiger partial charge in [0.1, 0.15) is 6.04 Å². The van der Waals surface area contributed by atoms with Gasteiger partial charge in [-0.2, -0.15) is 0 Å². The number of nitrogens with zero attached hydrogens (tertiary/aromatic N) is 1. The summed E-state index contributed by atoms with van der Waals surface area (Å²) in [5.74, 6) is -0.789. The summed E-state index contributed by atoms with van der Waals surface area (Å²) in [5.41, 5.74) is 7.47. The minimum atomic E-state index is -0.789. The lowest BCUT2D eigenvalue weighted by atomic mass is 10.1. The van der Waals surface area contributed by atoms with Crippen LogP contribution in [0.2, 0.25) is 0 Å². The van der Waals surface area contributed by atoms with E-state index in [2.05, 4.69) is 0 Å². The van der Waals surface area contributed by atoms with Gasteiger partial charge < -0.3 is 10.8 Å². The maximum absolute atomic E-state index is 11.0. The number of nitrogen functional groups attached to an aromatic ring is 1. The largest absolute Gasteiger partial charge is 0.480 e. The minimum Gasteiger partial charge on any atom is -0.480 e. The molecule has 0 spiro atoms. The van der Waals surface area contributed by atoms with E-state index in [-0.39, 0.29) is 0 Å². The van der Waals surface area contributed by atoms with E-state index < -0.39 is 12.0 Å². The SMILES string of the molecule is CCCN(Cc1cccc(N)c1)C(C)C(=O)O. The van der Waals surface area contributed by atoms with Crippen molar-refractivity contribution in [3.63, 3.8) is 0 Å². The molecule has 0 heterocycles. The molecule has 0 aliphatic heterocycles. The Morgan fingerprint density at radius 2 is 2.24 bits per heavy atom. The summed E-state index contributed by atoms with van der Waals surface area (Å²) >= 11 is 0. The van der Waals surface area contributed by atoms with Crippen molar-refractivity contribution in [1.82, 2.24) is 4.90 Å². The normalized spacial score (nSPS) is 12.6. The maximum atomic E-state index is 11.0. The van der Waals surface area contributed by atoms with E-state index in [1.54, 1.807) is 6.92 Å². The standard InChI is InChI=1S/C13H20N2O2/c1-3-7-15(10(2)13(16)17)9-11-5-4-6-12(14)8-11/h4-6,8,10H,3,7,9,14H2,1-2H3,(H,16,17). The quantitative estimate of drug-likeness (QED) is 0.741. The molecule has 0 bridgehead atoms. The van der Waals surface area contributed by atoms with Crippen LogP contribution < -0.4 is 5.73 Å². The van der Waals surface area contributed by atoms with Crippen LogP contribution in [0.3, 0.4) is 0 Å². The van der Waals surface area contributed by atoms with Gasteiger partial charge in [0.05, 0.1) is 0 Å². The van der Waals surface area contributed by atoms with Crippen LogP contribution >= 0.6 is 0 Å². The van der Waals surface area contributed by atoms with Gasteiger partial charge in [0.25, 0.3) is 0 Å². The van der Waals surface area contributed by atoms with Crippen LogP contribution in [0.5, 0.6) is 0 Å². The Hall–Kier alpha value is -1.55. The predicted molar refractivity (Wildman–Crippen MR) is 68.7 cm³/mol. The van der Waals surface area contributed by atoms with Crippen LogP contribution in [0, 0.1) is 0 Å². The van der Waals surface area contributed by atoms with Gasteiger partial charge in [-0.15, -0.1) is 0 Å². The average molecular weight is 236 g/mol. The summed E-state index contributed by atoms with van der Waals surface area (Å²) < 4.78 is 0. The molecule has 4 heteroatoms. The Balaban J connectivity index is 2.76. The van der Waals surface area contributed by atoms with Gasteiger partial charge >= 0.3 is 5.97 Å². The second-order valence-electron chi connectivity index (χ2n) is 4.23. The fraction of sp³-hybridized carbons (Fsp3) is 0.462. The number of hydrogen-bond donors (Lipinski definition) is 2. The molecule has 0 amide bonds. The Labute approximate surface area is 102 Å². The van der Waals surface area contributed by atoms with E-state index in [4.69, 9.17) is 10.8 Å². The Morgan fingerprint density at radius 1 is 1.53 bits per heavy atom. The molecule has 0 aliphatic rings. The topological polar surface area (TPSA) is 66.6 Å². The molecular formula is C13H20N2O2. The first-order valence-corrected chi connectivity index (χ1v) is 5.86. The van der Waals surface area contributed by atoms with Crippen LogP contribution in [-0.2, 0) is 11.3 Å². The molecule has 0 saturated carbocycles. The summed E-state index contributed by atoms with van der Waals surface area (Å²) in [5, 5.41) is 9.05. The minimum absolute atomic E-state index is 0.476. The number of carboxylic acid groups (broad SMARTS) is 1. The molecule has 1 unspecified atom stereocenters. The van der Waals surface area contributed by atoms with Crippen LogP contribution in [0.1, 0.15) is 25.8 Å². The summed E-state index contributed by atoms with van der Waals surface area (Å²) in [4.78, 5) is 12.9. The fourth-order valence-electron chi connectivity index (χ4n) is 1.78. The number of rotatable bonds is 6. The Kier molecular flexibility index (Phi) is 4.97. The molecule has 0 aromatic heterocycles. The average Bonchev–Trinajstić information content (AvgIpc) is 2.27. The molecular weight excluding hydrogens is 216 g/mol. The Morgan fingerprint density at radius 3 is 2.76 bits per heavy atom. The van der Waals surface area contributed by atoms with Crippen LogP contribution in [0.25, 0.3) is 0 Å². The van der Waals surface area contributed by atoms with E-state index >= 15 is 0 Å². The van der Waals surface area contributed by atoms with Gasteiger partial charge in [-0.1, -0.05) is 19.1 Å². The lowest BCUT2D eigenvalue weighted by Gasteiger charge is -2.25. The highest BCUT2D eigenvalue weighted by Crippen LogP contribution is 2.12. The van der Waals surface area contributed by atoms with Crippen LogP contribution in [-0.4, -0.2) is 28.6 Å². The van der Waals surface area contributed by atoms with Gasteiger partial charge in [0.15, 0.2) is 0 Å². The van der Waals surface area contributed by atoms with Gasteiger partial charge in [0, 0.05) is 12.2 Å². The Bertz CT molecular complexity index is 379. The number of aliphatic carboxylic acids is 1. The molecule has 4 nitrogen and oxygen atoms in total. The molecule has 94 valence electrons. The molecule has 0 aliphatic carbocycles. The number of carbonyl (C=O) groups is 1. The molecule has 0 saturated heterocycles. The second-order valence-corrected chi connectivity index (χ2v) is 4.23. The second kappa shape index (κ2) is 6.25. The number of hydrogen-bond acceptors (Lipinski definition) is 3. The third-order valence-electron chi connectivity index (χ3n) is 2.75. The van der Waals surface area contributed by atoms with E-state index in [0.717, 1.165) is 18.5 Å². The van der Waals surface area contributed by atoms with Gasteiger partial charge in [0.2, 0.25) is 0 Å². The highest BCUT2D eigenvalue weighted by Gasteiger charge is 2.19. The zero-order valence-electron chi connectivity index (χ0n) is 10.4. The van der Waals surface area contributed by atoms with Crippen molar-refractivity contribution in [2.24, 2.45) is 0 Å². The van der Waals surface area contributed by atoms with Crippen molar-refractivity contribution < 1.29 is 9.90 Å². The van der Waals surface area contributed by atoms with Crippen molar-refractivity contribution in [1.29, 1.82) is 0 Å². The monoisotopic (exact) mass is 236 g/mol. The molecule has 1 aromatic carbocycles. The highest BCUT2D eigenvalue weighted by atomic mass is 16.4. The van der Waals surface area contributed by atoms with E-state index in [0.29, 0.717) is 12.2 Å². The number of carboxylic acids is 1. The first-order chi connectivity index (χ1) is 8.04. The van der Waals surface area contributed by atoms with E-state index in [1.165, 1.54) is 0 Å². The van der Waals surface area contributed by atoms with Crippen molar-refractivity contribution >= 4 is 11.7 Å². The first-order valence-electron chi connectivity index (χ1n) is 5.86. The summed E-state index contributed by atoms with van der Waals surface area (Å²) in [6.45, 7) is 5.14. The van der Waals surface area contributed by atoms with E-state index in [1.807, 2.05) is 36.1 Å². The maximum Gasteiger partial charge on any atom is 0.320 e. The number of nitrogens with two attached hydrogens (primary N) is 1. The molecule has 0 fully saturated rings. The van der Waals surface area contributed by atoms with E-state index in [9.17, 15) is 4.79 Å². The van der Waals surface area contributed by atoms with Crippen LogP contribution in [0.4, 0.5) is 5.69 Å². The molecule has 1 rings (SSSR count).